The van der Waals surface area contributed by atoms with E-state index in [0.29, 0.717) is 4.90 Å². The van der Waals surface area contributed by atoms with Gasteiger partial charge in [-0.25, -0.2) is 8.42 Å². The first-order chi connectivity index (χ1) is 11.3. The zero-order valence-electron chi connectivity index (χ0n) is 16.4. The molecule has 0 radical (unpaired) electrons. The van der Waals surface area contributed by atoms with Crippen LogP contribution in [0.2, 0.25) is 0 Å². The molecule has 1 aromatic carbocycles. The van der Waals surface area contributed by atoms with Crippen LogP contribution in [0.4, 0.5) is 0 Å². The molecule has 1 aliphatic rings. The van der Waals surface area contributed by atoms with Crippen molar-refractivity contribution < 1.29 is 17.7 Å². The van der Waals surface area contributed by atoms with Gasteiger partial charge in [-0.2, -0.15) is 0 Å². The summed E-state index contributed by atoms with van der Waals surface area (Å²) in [5, 5.41) is 0. The van der Waals surface area contributed by atoms with E-state index in [2.05, 4.69) is 4.90 Å². The summed E-state index contributed by atoms with van der Waals surface area (Å²) in [5.41, 5.74) is 0.695. The minimum atomic E-state index is -3.32. The van der Waals surface area contributed by atoms with Crippen LogP contribution in [0.1, 0.15) is 39.7 Å². The number of nitrogens with zero attached hydrogens (tertiary/aromatic N) is 1. The van der Waals surface area contributed by atoms with Gasteiger partial charge in [0.05, 0.1) is 16.1 Å². The van der Waals surface area contributed by atoms with Crippen molar-refractivity contribution in [2.45, 2.75) is 56.6 Å². The van der Waals surface area contributed by atoms with Crippen LogP contribution in [-0.4, -0.2) is 58.5 Å². The highest BCUT2D eigenvalue weighted by Gasteiger charge is 2.51. The van der Waals surface area contributed by atoms with Crippen LogP contribution >= 0.6 is 0 Å². The Kier molecular flexibility index (Phi) is 5.74. The maximum Gasteiger partial charge on any atom is 0.494 e. The maximum absolute atomic E-state index is 12.3. The monoisotopic (exact) mass is 367 g/mol. The smallest absolute Gasteiger partial charge is 0.399 e. The summed E-state index contributed by atoms with van der Waals surface area (Å²) in [6, 6.07) is 5.52. The van der Waals surface area contributed by atoms with E-state index < -0.39 is 28.2 Å². The average molecular weight is 367 g/mol. The zero-order valence-corrected chi connectivity index (χ0v) is 17.2. The molecule has 140 valence electrons. The summed E-state index contributed by atoms with van der Waals surface area (Å²) < 4.78 is 36.7. The van der Waals surface area contributed by atoms with Crippen molar-refractivity contribution in [3.8, 4) is 0 Å². The van der Waals surface area contributed by atoms with Gasteiger partial charge in [0.15, 0.2) is 9.84 Å². The molecule has 2 rings (SSSR count). The van der Waals surface area contributed by atoms with Gasteiger partial charge in [0, 0.05) is 6.26 Å². The maximum atomic E-state index is 12.3. The van der Waals surface area contributed by atoms with E-state index in [1.165, 1.54) is 6.26 Å². The number of benzene rings is 1. The van der Waals surface area contributed by atoms with Crippen LogP contribution in [0.15, 0.2) is 23.1 Å². The molecule has 1 saturated heterocycles. The quantitative estimate of drug-likeness (QED) is 0.719. The largest absolute Gasteiger partial charge is 0.494 e. The minimum absolute atomic E-state index is 0.374. The Morgan fingerprint density at radius 1 is 1.08 bits per heavy atom. The fourth-order valence-corrected chi connectivity index (χ4v) is 3.83. The summed E-state index contributed by atoms with van der Waals surface area (Å²) in [6.07, 6.45) is 2.89. The van der Waals surface area contributed by atoms with Gasteiger partial charge in [0.2, 0.25) is 0 Å². The lowest BCUT2D eigenvalue weighted by atomic mass is 9.78. The molecule has 0 atom stereocenters. The normalized spacial score (nSPS) is 19.6. The minimum Gasteiger partial charge on any atom is -0.399 e. The Morgan fingerprint density at radius 2 is 1.64 bits per heavy atom. The lowest BCUT2D eigenvalue weighted by molar-refractivity contribution is 0.00578. The summed E-state index contributed by atoms with van der Waals surface area (Å²) in [5.74, 6) is 0. The summed E-state index contributed by atoms with van der Waals surface area (Å²) in [4.78, 5) is 2.47. The van der Waals surface area contributed by atoms with Gasteiger partial charge in [-0.15, -0.1) is 0 Å². The zero-order chi connectivity index (χ0) is 19.0. The molecule has 0 aromatic heterocycles. The van der Waals surface area contributed by atoms with Crippen molar-refractivity contribution in [3.63, 3.8) is 0 Å². The average Bonchev–Trinajstić information content (AvgIpc) is 2.66. The highest BCUT2D eigenvalue weighted by molar-refractivity contribution is 7.90. The fourth-order valence-electron chi connectivity index (χ4n) is 2.83. The van der Waals surface area contributed by atoms with Crippen molar-refractivity contribution in [2.24, 2.45) is 0 Å². The Balaban J connectivity index is 2.31. The molecular weight excluding hydrogens is 337 g/mol. The number of aryl methyl sites for hydroxylation is 1. The second-order valence-corrected chi connectivity index (χ2v) is 10.1. The van der Waals surface area contributed by atoms with Crippen molar-refractivity contribution >= 4 is 22.4 Å². The summed E-state index contributed by atoms with van der Waals surface area (Å²) in [6.45, 7) is 8.86. The summed E-state index contributed by atoms with van der Waals surface area (Å²) in [7, 11) is 0.153. The van der Waals surface area contributed by atoms with Crippen LogP contribution in [-0.2, 0) is 25.6 Å². The van der Waals surface area contributed by atoms with Crippen molar-refractivity contribution in [3.05, 3.63) is 23.8 Å². The van der Waals surface area contributed by atoms with E-state index in [-0.39, 0.29) is 0 Å². The van der Waals surface area contributed by atoms with Gasteiger partial charge in [-0.3, -0.25) is 0 Å². The number of rotatable bonds is 6. The highest BCUT2D eigenvalue weighted by atomic mass is 32.2. The Bertz CT molecular complexity index is 713. The first kappa shape index (κ1) is 20.4. The Labute approximate surface area is 152 Å². The van der Waals surface area contributed by atoms with Crippen molar-refractivity contribution in [2.75, 3.05) is 26.9 Å². The second-order valence-electron chi connectivity index (χ2n) is 8.13. The van der Waals surface area contributed by atoms with Crippen LogP contribution in [0.3, 0.4) is 0 Å². The number of hydrogen-bond acceptors (Lipinski definition) is 5. The topological polar surface area (TPSA) is 55.8 Å². The van der Waals surface area contributed by atoms with E-state index >= 15 is 0 Å². The van der Waals surface area contributed by atoms with E-state index in [1.807, 2.05) is 53.9 Å². The SMILES string of the molecule is CN(C)CCCc1ccc(B2OC(C)(C)C(C)(C)O2)cc1S(C)(=O)=O. The Hall–Kier alpha value is -0.885. The first-order valence-electron chi connectivity index (χ1n) is 8.67. The summed E-state index contributed by atoms with van der Waals surface area (Å²) >= 11 is 0. The van der Waals surface area contributed by atoms with Crippen LogP contribution in [0.25, 0.3) is 0 Å². The first-order valence-corrected chi connectivity index (χ1v) is 10.6. The van der Waals surface area contributed by atoms with Crippen molar-refractivity contribution in [1.29, 1.82) is 0 Å². The lowest BCUT2D eigenvalue weighted by Gasteiger charge is -2.32. The van der Waals surface area contributed by atoms with E-state index in [4.69, 9.17) is 9.31 Å². The van der Waals surface area contributed by atoms with Gasteiger partial charge in [0.1, 0.15) is 0 Å². The second kappa shape index (κ2) is 7.03. The Morgan fingerprint density at radius 3 is 2.12 bits per heavy atom. The molecular formula is C18H30BNO4S. The molecule has 1 aliphatic heterocycles. The number of hydrogen-bond donors (Lipinski definition) is 0. The molecule has 0 aliphatic carbocycles. The fraction of sp³-hybridized carbons (Fsp3) is 0.667. The molecule has 0 bridgehead atoms. The van der Waals surface area contributed by atoms with Crippen molar-refractivity contribution in [1.82, 2.24) is 4.90 Å². The highest BCUT2D eigenvalue weighted by Crippen LogP contribution is 2.36. The van der Waals surface area contributed by atoms with Gasteiger partial charge >= 0.3 is 7.12 Å². The molecule has 1 heterocycles. The third-order valence-electron chi connectivity index (χ3n) is 5.07. The molecule has 0 spiro atoms. The van der Waals surface area contributed by atoms with Gasteiger partial charge in [0.25, 0.3) is 0 Å². The molecule has 1 aromatic rings. The number of sulfone groups is 1. The predicted octanol–water partition coefficient (Wildman–Crippen LogP) is 1.88. The molecule has 1 fully saturated rings. The van der Waals surface area contributed by atoms with Gasteiger partial charge in [-0.1, -0.05) is 12.1 Å². The molecule has 0 amide bonds. The molecule has 7 heteroatoms. The van der Waals surface area contributed by atoms with Crippen LogP contribution < -0.4 is 5.46 Å². The van der Waals surface area contributed by atoms with E-state index in [0.717, 1.165) is 30.4 Å². The standard InChI is InChI=1S/C18H30BNO4S/c1-17(2)18(3,4)24-19(23-17)15-11-10-14(9-8-12-20(5)6)16(13-15)25(7,21)22/h10-11,13H,8-9,12H2,1-7H3. The molecule has 25 heavy (non-hydrogen) atoms. The lowest BCUT2D eigenvalue weighted by Crippen LogP contribution is -2.41. The third kappa shape index (κ3) is 4.64. The van der Waals surface area contributed by atoms with E-state index in [9.17, 15) is 8.42 Å². The third-order valence-corrected chi connectivity index (χ3v) is 6.25. The van der Waals surface area contributed by atoms with Crippen LogP contribution in [0.5, 0.6) is 0 Å². The predicted molar refractivity (Wildman–Crippen MR) is 102 cm³/mol. The van der Waals surface area contributed by atoms with E-state index in [1.54, 1.807) is 6.07 Å². The molecule has 0 saturated carbocycles. The molecule has 0 unspecified atom stereocenters. The van der Waals surface area contributed by atoms with Gasteiger partial charge in [-0.05, 0) is 78.3 Å². The molecule has 5 nitrogen and oxygen atoms in total. The van der Waals surface area contributed by atoms with Gasteiger partial charge < -0.3 is 14.2 Å². The van der Waals surface area contributed by atoms with Crippen LogP contribution in [0, 0.1) is 0 Å². The molecule has 0 N–H and O–H groups in total.